The molecular weight excluding hydrogens is 540 g/mol. The summed E-state index contributed by atoms with van der Waals surface area (Å²) in [4.78, 5) is 62.0. The van der Waals surface area contributed by atoms with Crippen molar-refractivity contribution in [1.82, 2.24) is 30.9 Å². The highest BCUT2D eigenvalue weighted by atomic mass is 16.4. The lowest BCUT2D eigenvalue weighted by Crippen LogP contribution is -2.58. The Morgan fingerprint density at radius 3 is 2.31 bits per heavy atom. The number of hydrogen-bond acceptors (Lipinski definition) is 7. The zero-order chi connectivity index (χ0) is 30.6. The molecule has 5 unspecified atom stereocenters. The fourth-order valence-corrected chi connectivity index (χ4v) is 4.63. The second kappa shape index (κ2) is 15.7. The first-order valence-electron chi connectivity index (χ1n) is 14.3. The van der Waals surface area contributed by atoms with E-state index in [2.05, 4.69) is 30.9 Å². The van der Waals surface area contributed by atoms with Crippen LogP contribution in [0.4, 0.5) is 0 Å². The number of nitrogens with one attached hydrogen (secondary N) is 5. The van der Waals surface area contributed by atoms with Gasteiger partial charge in [-0.2, -0.15) is 0 Å². The predicted molar refractivity (Wildman–Crippen MR) is 158 cm³/mol. The highest BCUT2D eigenvalue weighted by Crippen LogP contribution is 2.19. The van der Waals surface area contributed by atoms with Gasteiger partial charge < -0.3 is 42.5 Å². The first kappa shape index (κ1) is 32.3. The summed E-state index contributed by atoms with van der Waals surface area (Å²) in [5.74, 6) is -3.04. The second-order valence-corrected chi connectivity index (χ2v) is 10.6. The molecule has 2 aromatic heterocycles. The van der Waals surface area contributed by atoms with E-state index in [4.69, 9.17) is 11.5 Å². The number of rotatable bonds is 17. The normalized spacial score (nSPS) is 14.9. The van der Waals surface area contributed by atoms with E-state index in [0.29, 0.717) is 37.9 Å². The Balaban J connectivity index is 1.78. The molecule has 0 aliphatic rings. The average molecular weight is 583 g/mol. The van der Waals surface area contributed by atoms with Crippen LogP contribution < -0.4 is 27.4 Å². The summed E-state index contributed by atoms with van der Waals surface area (Å²) in [6.45, 7) is 4.20. The van der Waals surface area contributed by atoms with E-state index in [0.717, 1.165) is 16.5 Å². The first-order valence-corrected chi connectivity index (χ1v) is 14.3. The van der Waals surface area contributed by atoms with Crippen LogP contribution in [0.5, 0.6) is 0 Å². The number of aromatic amines is 2. The molecule has 1 aromatic carbocycles. The van der Waals surface area contributed by atoms with Crippen LogP contribution in [-0.2, 0) is 32.0 Å². The standard InChI is InChI=1S/C29H42N8O5/c1-3-17(2)25(31)28(40)35-22(10-6-7-11-30)26(38)36-23(13-19-15-32-16-34-19)27(39)37-24(29(41)42)12-18-14-33-21-9-5-4-8-20(18)21/h4-5,8-9,14-17,22-25,33H,3,6-7,10-13,30-31H2,1-2H3,(H,32,34)(H,35,40)(H,36,38)(H,37,39)(H,41,42). The lowest BCUT2D eigenvalue weighted by Gasteiger charge is -2.26. The van der Waals surface area contributed by atoms with E-state index in [-0.39, 0.29) is 18.8 Å². The molecule has 0 saturated carbocycles. The Hall–Kier alpha value is -4.23. The van der Waals surface area contributed by atoms with Gasteiger partial charge in [0.05, 0.1) is 12.4 Å². The number of H-pyrrole nitrogens is 2. The molecule has 228 valence electrons. The van der Waals surface area contributed by atoms with E-state index >= 15 is 0 Å². The molecular formula is C29H42N8O5. The molecule has 5 atom stereocenters. The van der Waals surface area contributed by atoms with Crippen LogP contribution in [0.25, 0.3) is 10.9 Å². The number of imidazole rings is 1. The smallest absolute Gasteiger partial charge is 0.326 e. The number of carboxylic acids is 1. The van der Waals surface area contributed by atoms with E-state index in [1.54, 1.807) is 6.20 Å². The van der Waals surface area contributed by atoms with Gasteiger partial charge in [0.2, 0.25) is 17.7 Å². The monoisotopic (exact) mass is 582 g/mol. The van der Waals surface area contributed by atoms with Crippen molar-refractivity contribution >= 4 is 34.6 Å². The lowest BCUT2D eigenvalue weighted by atomic mass is 9.98. The van der Waals surface area contributed by atoms with Crippen molar-refractivity contribution in [2.75, 3.05) is 6.54 Å². The largest absolute Gasteiger partial charge is 0.480 e. The fraction of sp³-hybridized carbons (Fsp3) is 0.483. The minimum absolute atomic E-state index is 0.0207. The van der Waals surface area contributed by atoms with Gasteiger partial charge in [0.25, 0.3) is 0 Å². The number of unbranched alkanes of at least 4 members (excludes halogenated alkanes) is 1. The quantitative estimate of drug-likeness (QED) is 0.106. The molecule has 13 nitrogen and oxygen atoms in total. The summed E-state index contributed by atoms with van der Waals surface area (Å²) in [5, 5.41) is 18.8. The molecule has 0 fully saturated rings. The highest BCUT2D eigenvalue weighted by molar-refractivity contribution is 5.94. The molecule has 0 saturated heterocycles. The molecule has 0 aliphatic heterocycles. The minimum atomic E-state index is -1.26. The van der Waals surface area contributed by atoms with Crippen LogP contribution in [0.3, 0.4) is 0 Å². The summed E-state index contributed by atoms with van der Waals surface area (Å²) in [7, 11) is 0. The number of nitrogens with zero attached hydrogens (tertiary/aromatic N) is 1. The Morgan fingerprint density at radius 2 is 1.64 bits per heavy atom. The number of hydrogen-bond donors (Lipinski definition) is 8. The zero-order valence-corrected chi connectivity index (χ0v) is 24.1. The molecule has 10 N–H and O–H groups in total. The number of aliphatic carboxylic acids is 1. The molecule has 3 aromatic rings. The van der Waals surface area contributed by atoms with Gasteiger partial charge in [-0.25, -0.2) is 9.78 Å². The molecule has 3 amide bonds. The Bertz CT molecular complexity index is 1320. The van der Waals surface area contributed by atoms with Gasteiger partial charge in [-0.1, -0.05) is 38.5 Å². The summed E-state index contributed by atoms with van der Waals surface area (Å²) < 4.78 is 0. The summed E-state index contributed by atoms with van der Waals surface area (Å²) in [6, 6.07) is 3.29. The van der Waals surface area contributed by atoms with Gasteiger partial charge in [0.1, 0.15) is 18.1 Å². The molecule has 13 heteroatoms. The molecule has 0 radical (unpaired) electrons. The van der Waals surface area contributed by atoms with Crippen LogP contribution in [0.15, 0.2) is 43.0 Å². The van der Waals surface area contributed by atoms with Gasteiger partial charge in [-0.15, -0.1) is 0 Å². The van der Waals surface area contributed by atoms with E-state index in [1.807, 2.05) is 38.1 Å². The fourth-order valence-electron chi connectivity index (χ4n) is 4.63. The first-order chi connectivity index (χ1) is 20.1. The Kier molecular flexibility index (Phi) is 12.1. The minimum Gasteiger partial charge on any atom is -0.480 e. The van der Waals surface area contributed by atoms with Gasteiger partial charge in [0.15, 0.2) is 0 Å². The van der Waals surface area contributed by atoms with Crippen LogP contribution in [0.2, 0.25) is 0 Å². The van der Waals surface area contributed by atoms with Gasteiger partial charge >= 0.3 is 5.97 Å². The number of carboxylic acid groups (broad SMARTS) is 1. The number of aromatic nitrogens is 3. The number of fused-ring (bicyclic) bond motifs is 1. The van der Waals surface area contributed by atoms with Gasteiger partial charge in [0, 0.05) is 41.8 Å². The SMILES string of the molecule is CCC(C)C(N)C(=O)NC(CCCCN)C(=O)NC(Cc1cnc[nH]1)C(=O)NC(Cc1c[nH]c2ccccc12)C(=O)O. The maximum Gasteiger partial charge on any atom is 0.326 e. The van der Waals surface area contributed by atoms with Crippen LogP contribution >= 0.6 is 0 Å². The number of amides is 3. The summed E-state index contributed by atoms with van der Waals surface area (Å²) >= 11 is 0. The van der Waals surface area contributed by atoms with Crippen molar-refractivity contribution in [3.63, 3.8) is 0 Å². The van der Waals surface area contributed by atoms with Crippen molar-refractivity contribution in [3.8, 4) is 0 Å². The summed E-state index contributed by atoms with van der Waals surface area (Å²) in [6.07, 6.45) is 6.91. The molecule has 0 bridgehead atoms. The maximum absolute atomic E-state index is 13.5. The lowest BCUT2D eigenvalue weighted by molar-refractivity contribution is -0.142. The Morgan fingerprint density at radius 1 is 0.952 bits per heavy atom. The third-order valence-corrected chi connectivity index (χ3v) is 7.47. The molecule has 0 spiro atoms. The number of carbonyl (C=O) groups excluding carboxylic acids is 3. The van der Waals surface area contributed by atoms with Crippen molar-refractivity contribution in [2.45, 2.75) is 76.5 Å². The third kappa shape index (κ3) is 8.88. The maximum atomic E-state index is 13.5. The van der Waals surface area contributed by atoms with Crippen LogP contribution in [0, 0.1) is 5.92 Å². The third-order valence-electron chi connectivity index (χ3n) is 7.47. The second-order valence-electron chi connectivity index (χ2n) is 10.6. The van der Waals surface area contributed by atoms with Crippen molar-refractivity contribution < 1.29 is 24.3 Å². The molecule has 2 heterocycles. The number of nitrogens with two attached hydrogens (primary N) is 2. The van der Waals surface area contributed by atoms with Crippen LogP contribution in [-0.4, -0.2) is 74.5 Å². The summed E-state index contributed by atoms with van der Waals surface area (Å²) in [5.41, 5.74) is 13.9. The van der Waals surface area contributed by atoms with E-state index in [9.17, 15) is 24.3 Å². The molecule has 42 heavy (non-hydrogen) atoms. The van der Waals surface area contributed by atoms with E-state index in [1.165, 1.54) is 12.5 Å². The average Bonchev–Trinajstić information content (AvgIpc) is 3.65. The Labute approximate surface area is 244 Å². The predicted octanol–water partition coefficient (Wildman–Crippen LogP) is 0.718. The number of para-hydroxylation sites is 1. The van der Waals surface area contributed by atoms with Gasteiger partial charge in [-0.05, 0) is 43.4 Å². The van der Waals surface area contributed by atoms with Gasteiger partial charge in [-0.3, -0.25) is 14.4 Å². The topological polar surface area (TPSA) is 221 Å². The van der Waals surface area contributed by atoms with Crippen molar-refractivity contribution in [2.24, 2.45) is 17.4 Å². The van der Waals surface area contributed by atoms with Crippen molar-refractivity contribution in [1.29, 1.82) is 0 Å². The highest BCUT2D eigenvalue weighted by Gasteiger charge is 2.31. The zero-order valence-electron chi connectivity index (χ0n) is 24.1. The number of carbonyl (C=O) groups is 4. The van der Waals surface area contributed by atoms with Crippen LogP contribution in [0.1, 0.15) is 50.8 Å². The molecule has 3 rings (SSSR count). The number of benzene rings is 1. The van der Waals surface area contributed by atoms with E-state index < -0.39 is 47.9 Å². The molecule has 0 aliphatic carbocycles. The van der Waals surface area contributed by atoms with Crippen molar-refractivity contribution in [3.05, 3.63) is 54.2 Å².